The lowest BCUT2D eigenvalue weighted by Gasteiger charge is -2.22. The Morgan fingerprint density at radius 1 is 0.900 bits per heavy atom. The standard InChI is InChI=1S/C23H28N2O5/c1-17(24-14-18-10-6-4-7-11-18)21(22(26)28-2)20(25-23(27)29-3)16-30-15-19-12-8-5-9-13-19/h4-13,20,24H,14-16H2,1-3H3,(H,25,27)/b21-17-/t20-/m0/s1. The highest BCUT2D eigenvalue weighted by atomic mass is 16.5. The van der Waals surface area contributed by atoms with Gasteiger partial charge in [-0.05, 0) is 18.1 Å². The zero-order valence-electron chi connectivity index (χ0n) is 17.5. The van der Waals surface area contributed by atoms with Crippen LogP contribution in [-0.2, 0) is 32.2 Å². The van der Waals surface area contributed by atoms with Gasteiger partial charge in [-0.3, -0.25) is 0 Å². The normalized spacial score (nSPS) is 12.4. The van der Waals surface area contributed by atoms with E-state index in [1.165, 1.54) is 14.2 Å². The van der Waals surface area contributed by atoms with Crippen molar-refractivity contribution in [3.05, 3.63) is 83.1 Å². The third-order valence-corrected chi connectivity index (χ3v) is 4.43. The van der Waals surface area contributed by atoms with Crippen molar-refractivity contribution >= 4 is 12.1 Å². The summed E-state index contributed by atoms with van der Waals surface area (Å²) in [5.74, 6) is -0.558. The van der Waals surface area contributed by atoms with Gasteiger partial charge in [-0.25, -0.2) is 9.59 Å². The molecule has 0 radical (unpaired) electrons. The molecule has 0 spiro atoms. The Morgan fingerprint density at radius 2 is 1.50 bits per heavy atom. The van der Waals surface area contributed by atoms with Crippen molar-refractivity contribution in [3.8, 4) is 0 Å². The molecule has 0 fully saturated rings. The first-order valence-corrected chi connectivity index (χ1v) is 9.58. The van der Waals surface area contributed by atoms with Crippen LogP contribution in [0.5, 0.6) is 0 Å². The molecule has 2 aromatic rings. The summed E-state index contributed by atoms with van der Waals surface area (Å²) >= 11 is 0. The molecule has 0 unspecified atom stereocenters. The number of hydrogen-bond donors (Lipinski definition) is 2. The summed E-state index contributed by atoms with van der Waals surface area (Å²) in [6.45, 7) is 2.69. The van der Waals surface area contributed by atoms with Gasteiger partial charge >= 0.3 is 12.1 Å². The molecule has 30 heavy (non-hydrogen) atoms. The van der Waals surface area contributed by atoms with Gasteiger partial charge in [0.05, 0.1) is 39.0 Å². The van der Waals surface area contributed by atoms with Gasteiger partial charge in [0, 0.05) is 12.2 Å². The molecular weight excluding hydrogens is 384 g/mol. The minimum atomic E-state index is -0.753. The molecule has 0 aliphatic rings. The van der Waals surface area contributed by atoms with Crippen molar-refractivity contribution in [1.29, 1.82) is 0 Å². The number of benzene rings is 2. The first kappa shape index (κ1) is 23.0. The largest absolute Gasteiger partial charge is 0.466 e. The van der Waals surface area contributed by atoms with Crippen molar-refractivity contribution in [1.82, 2.24) is 10.6 Å². The molecule has 0 aliphatic heterocycles. The summed E-state index contributed by atoms with van der Waals surface area (Å²) in [6, 6.07) is 18.6. The lowest BCUT2D eigenvalue weighted by molar-refractivity contribution is -0.136. The lowest BCUT2D eigenvalue weighted by Crippen LogP contribution is -2.43. The fourth-order valence-electron chi connectivity index (χ4n) is 2.86. The first-order chi connectivity index (χ1) is 14.5. The lowest BCUT2D eigenvalue weighted by atomic mass is 10.1. The van der Waals surface area contributed by atoms with E-state index in [0.29, 0.717) is 18.8 Å². The van der Waals surface area contributed by atoms with Gasteiger partial charge in [-0.15, -0.1) is 0 Å². The molecule has 160 valence electrons. The maximum atomic E-state index is 12.5. The van der Waals surface area contributed by atoms with Crippen LogP contribution in [0.4, 0.5) is 4.79 Å². The number of alkyl carbamates (subject to hydrolysis) is 1. The van der Waals surface area contributed by atoms with Crippen LogP contribution in [0.25, 0.3) is 0 Å². The van der Waals surface area contributed by atoms with E-state index in [1.54, 1.807) is 6.92 Å². The molecule has 7 nitrogen and oxygen atoms in total. The molecular formula is C23H28N2O5. The van der Waals surface area contributed by atoms with E-state index in [1.807, 2.05) is 60.7 Å². The number of allylic oxidation sites excluding steroid dienone is 1. The van der Waals surface area contributed by atoms with E-state index in [4.69, 9.17) is 14.2 Å². The maximum absolute atomic E-state index is 12.5. The fourth-order valence-corrected chi connectivity index (χ4v) is 2.86. The third-order valence-electron chi connectivity index (χ3n) is 4.43. The van der Waals surface area contributed by atoms with E-state index >= 15 is 0 Å². The molecule has 2 rings (SSSR count). The average molecular weight is 412 g/mol. The van der Waals surface area contributed by atoms with E-state index in [-0.39, 0.29) is 12.2 Å². The Labute approximate surface area is 177 Å². The van der Waals surface area contributed by atoms with Crippen LogP contribution < -0.4 is 10.6 Å². The molecule has 2 aromatic carbocycles. The van der Waals surface area contributed by atoms with Crippen molar-refractivity contribution < 1.29 is 23.8 Å². The van der Waals surface area contributed by atoms with Gasteiger partial charge in [0.25, 0.3) is 0 Å². The second kappa shape index (κ2) is 12.3. The first-order valence-electron chi connectivity index (χ1n) is 9.58. The van der Waals surface area contributed by atoms with Crippen LogP contribution in [0.15, 0.2) is 71.9 Å². The van der Waals surface area contributed by atoms with Crippen LogP contribution in [0.1, 0.15) is 18.1 Å². The number of nitrogens with one attached hydrogen (secondary N) is 2. The topological polar surface area (TPSA) is 85.9 Å². The summed E-state index contributed by atoms with van der Waals surface area (Å²) in [6.07, 6.45) is -0.666. The number of carbonyl (C=O) groups excluding carboxylic acids is 2. The molecule has 1 atom stereocenters. The van der Waals surface area contributed by atoms with Gasteiger partial charge in [0.1, 0.15) is 0 Å². The molecule has 0 aromatic heterocycles. The van der Waals surface area contributed by atoms with Crippen LogP contribution in [-0.4, -0.2) is 38.9 Å². The van der Waals surface area contributed by atoms with Crippen molar-refractivity contribution in [2.24, 2.45) is 0 Å². The Hall–Kier alpha value is -3.32. The maximum Gasteiger partial charge on any atom is 0.407 e. The third kappa shape index (κ3) is 7.25. The smallest absolute Gasteiger partial charge is 0.407 e. The van der Waals surface area contributed by atoms with Crippen molar-refractivity contribution in [2.45, 2.75) is 26.1 Å². The second-order valence-electron chi connectivity index (χ2n) is 6.56. The van der Waals surface area contributed by atoms with E-state index in [0.717, 1.165) is 11.1 Å². The minimum absolute atomic E-state index is 0.0682. The average Bonchev–Trinajstić information content (AvgIpc) is 2.78. The molecule has 0 heterocycles. The number of esters is 1. The van der Waals surface area contributed by atoms with E-state index in [2.05, 4.69) is 10.6 Å². The molecule has 7 heteroatoms. The SMILES string of the molecule is COC(=O)N[C@@H](COCc1ccccc1)/C(C(=O)OC)=C(\C)NCc1ccccc1. The molecule has 0 saturated carbocycles. The van der Waals surface area contributed by atoms with Crippen LogP contribution in [0.3, 0.4) is 0 Å². The summed E-state index contributed by atoms with van der Waals surface area (Å²) < 4.78 is 15.5. The number of hydrogen-bond acceptors (Lipinski definition) is 6. The molecule has 0 aliphatic carbocycles. The van der Waals surface area contributed by atoms with Crippen LogP contribution in [0, 0.1) is 0 Å². The highest BCUT2D eigenvalue weighted by molar-refractivity contribution is 5.91. The monoisotopic (exact) mass is 412 g/mol. The zero-order chi connectivity index (χ0) is 21.8. The molecule has 2 N–H and O–H groups in total. The molecule has 1 amide bonds. The number of amides is 1. The summed E-state index contributed by atoms with van der Waals surface area (Å²) in [5.41, 5.74) is 2.89. The van der Waals surface area contributed by atoms with E-state index < -0.39 is 18.1 Å². The van der Waals surface area contributed by atoms with Crippen molar-refractivity contribution in [3.63, 3.8) is 0 Å². The van der Waals surface area contributed by atoms with Gasteiger partial charge in [-0.2, -0.15) is 0 Å². The fraction of sp³-hybridized carbons (Fsp3) is 0.304. The Balaban J connectivity index is 2.18. The Kier molecular flexibility index (Phi) is 9.40. The predicted octanol–water partition coefficient (Wildman–Crippen LogP) is 3.16. The van der Waals surface area contributed by atoms with Gasteiger partial charge in [0.2, 0.25) is 0 Å². The number of ether oxygens (including phenoxy) is 3. The quantitative estimate of drug-likeness (QED) is 0.461. The molecule has 0 saturated heterocycles. The van der Waals surface area contributed by atoms with Crippen molar-refractivity contribution in [2.75, 3.05) is 20.8 Å². The Morgan fingerprint density at radius 3 is 2.07 bits per heavy atom. The van der Waals surface area contributed by atoms with Crippen LogP contribution >= 0.6 is 0 Å². The summed E-state index contributed by atoms with van der Waals surface area (Å²) in [4.78, 5) is 24.4. The highest BCUT2D eigenvalue weighted by Crippen LogP contribution is 2.13. The van der Waals surface area contributed by atoms with Gasteiger partial charge < -0.3 is 24.8 Å². The summed E-state index contributed by atoms with van der Waals surface area (Å²) in [5, 5.41) is 5.89. The predicted molar refractivity (Wildman–Crippen MR) is 113 cm³/mol. The number of carbonyl (C=O) groups is 2. The van der Waals surface area contributed by atoms with E-state index in [9.17, 15) is 9.59 Å². The highest BCUT2D eigenvalue weighted by Gasteiger charge is 2.27. The second-order valence-corrected chi connectivity index (χ2v) is 6.56. The van der Waals surface area contributed by atoms with Gasteiger partial charge in [-0.1, -0.05) is 60.7 Å². The zero-order valence-corrected chi connectivity index (χ0v) is 17.5. The van der Waals surface area contributed by atoms with Gasteiger partial charge in [0.15, 0.2) is 0 Å². The minimum Gasteiger partial charge on any atom is -0.466 e. The number of rotatable bonds is 10. The summed E-state index contributed by atoms with van der Waals surface area (Å²) in [7, 11) is 2.56. The van der Waals surface area contributed by atoms with Crippen LogP contribution in [0.2, 0.25) is 0 Å². The molecule has 0 bridgehead atoms. The Bertz CT molecular complexity index is 837. The number of methoxy groups -OCH3 is 2.